The Kier molecular flexibility index (Phi) is 5.34. The van der Waals surface area contributed by atoms with Crippen molar-refractivity contribution in [3.63, 3.8) is 0 Å². The summed E-state index contributed by atoms with van der Waals surface area (Å²) >= 11 is 0. The van der Waals surface area contributed by atoms with Gasteiger partial charge in [-0.05, 0) is 32.2 Å². The summed E-state index contributed by atoms with van der Waals surface area (Å²) in [6, 6.07) is 0.329. The van der Waals surface area contributed by atoms with E-state index in [4.69, 9.17) is 4.74 Å². The van der Waals surface area contributed by atoms with Gasteiger partial charge in [0.15, 0.2) is 0 Å². The lowest BCUT2D eigenvalue weighted by Crippen LogP contribution is -2.43. The first-order chi connectivity index (χ1) is 9.20. The summed E-state index contributed by atoms with van der Waals surface area (Å²) in [5.41, 5.74) is 0. The minimum absolute atomic E-state index is 0.308. The maximum atomic E-state index is 5.88. The minimum atomic E-state index is 0.308. The fraction of sp³-hybridized carbons (Fsp3) is 0.857. The second-order valence-electron chi connectivity index (χ2n) is 5.76. The van der Waals surface area contributed by atoms with E-state index in [2.05, 4.69) is 29.2 Å². The van der Waals surface area contributed by atoms with E-state index < -0.39 is 0 Å². The van der Waals surface area contributed by atoms with Crippen LogP contribution >= 0.6 is 0 Å². The second-order valence-corrected chi connectivity index (χ2v) is 5.76. The van der Waals surface area contributed by atoms with E-state index in [1.54, 1.807) is 6.33 Å². The molecule has 1 aromatic rings. The number of ether oxygens (including phenoxy) is 1. The van der Waals surface area contributed by atoms with Crippen LogP contribution in [0.5, 0.6) is 0 Å². The molecule has 2 unspecified atom stereocenters. The SMILES string of the molecule is CNC(Cc1ncnn1CC(C)C)C1CCCCO1. The van der Waals surface area contributed by atoms with Crippen molar-refractivity contribution >= 4 is 0 Å². The molecule has 108 valence electrons. The lowest BCUT2D eigenvalue weighted by atomic mass is 9.99. The minimum Gasteiger partial charge on any atom is -0.377 e. The van der Waals surface area contributed by atoms with Crippen LogP contribution in [0.4, 0.5) is 0 Å². The smallest absolute Gasteiger partial charge is 0.138 e. The van der Waals surface area contributed by atoms with Crippen LogP contribution in [0.2, 0.25) is 0 Å². The molecule has 1 N–H and O–H groups in total. The Hall–Kier alpha value is -0.940. The zero-order chi connectivity index (χ0) is 13.7. The first-order valence-corrected chi connectivity index (χ1v) is 7.36. The van der Waals surface area contributed by atoms with E-state index in [1.807, 2.05) is 11.7 Å². The normalized spacial score (nSPS) is 21.8. The van der Waals surface area contributed by atoms with Crippen LogP contribution in [0, 0.1) is 5.92 Å². The van der Waals surface area contributed by atoms with Gasteiger partial charge in [0.1, 0.15) is 12.2 Å². The first-order valence-electron chi connectivity index (χ1n) is 7.36. The monoisotopic (exact) mass is 266 g/mol. The fourth-order valence-electron chi connectivity index (χ4n) is 2.64. The van der Waals surface area contributed by atoms with Crippen LogP contribution in [0.3, 0.4) is 0 Å². The molecule has 19 heavy (non-hydrogen) atoms. The molecule has 5 heteroatoms. The van der Waals surface area contributed by atoms with Gasteiger partial charge in [-0.15, -0.1) is 0 Å². The Balaban J connectivity index is 1.99. The van der Waals surface area contributed by atoms with Crippen molar-refractivity contribution in [3.8, 4) is 0 Å². The van der Waals surface area contributed by atoms with Crippen molar-refractivity contribution in [2.75, 3.05) is 13.7 Å². The molecule has 0 radical (unpaired) electrons. The van der Waals surface area contributed by atoms with Crippen molar-refractivity contribution in [1.82, 2.24) is 20.1 Å². The van der Waals surface area contributed by atoms with E-state index in [0.717, 1.165) is 31.8 Å². The van der Waals surface area contributed by atoms with Crippen molar-refractivity contribution in [2.45, 2.75) is 58.2 Å². The van der Waals surface area contributed by atoms with Gasteiger partial charge < -0.3 is 10.1 Å². The average molecular weight is 266 g/mol. The van der Waals surface area contributed by atoms with Crippen LogP contribution < -0.4 is 5.32 Å². The quantitative estimate of drug-likeness (QED) is 0.850. The molecule has 1 saturated heterocycles. The van der Waals surface area contributed by atoms with E-state index in [9.17, 15) is 0 Å². The van der Waals surface area contributed by atoms with Gasteiger partial charge in [-0.1, -0.05) is 13.8 Å². The Morgan fingerprint density at radius 1 is 1.47 bits per heavy atom. The van der Waals surface area contributed by atoms with Crippen LogP contribution in [0.1, 0.15) is 38.9 Å². The van der Waals surface area contributed by atoms with Crippen molar-refractivity contribution in [1.29, 1.82) is 0 Å². The molecule has 0 saturated carbocycles. The Morgan fingerprint density at radius 2 is 2.32 bits per heavy atom. The molecule has 2 heterocycles. The third kappa shape index (κ3) is 4.01. The van der Waals surface area contributed by atoms with Crippen molar-refractivity contribution in [3.05, 3.63) is 12.2 Å². The Morgan fingerprint density at radius 3 is 2.95 bits per heavy atom. The third-order valence-electron chi connectivity index (χ3n) is 3.67. The zero-order valence-electron chi connectivity index (χ0n) is 12.3. The Labute approximate surface area is 115 Å². The van der Waals surface area contributed by atoms with Gasteiger partial charge in [-0.3, -0.25) is 0 Å². The summed E-state index contributed by atoms with van der Waals surface area (Å²) in [6.07, 6.45) is 6.45. The maximum absolute atomic E-state index is 5.88. The molecule has 2 atom stereocenters. The van der Waals surface area contributed by atoms with Gasteiger partial charge in [0, 0.05) is 25.6 Å². The summed E-state index contributed by atoms with van der Waals surface area (Å²) in [5, 5.41) is 7.71. The molecule has 1 aliphatic rings. The van der Waals surface area contributed by atoms with Gasteiger partial charge >= 0.3 is 0 Å². The predicted molar refractivity (Wildman–Crippen MR) is 75.0 cm³/mol. The third-order valence-corrected chi connectivity index (χ3v) is 3.67. The molecule has 2 rings (SSSR count). The summed E-state index contributed by atoms with van der Waals surface area (Å²) in [6.45, 7) is 6.22. The van der Waals surface area contributed by atoms with Gasteiger partial charge in [0.2, 0.25) is 0 Å². The molecule has 5 nitrogen and oxygen atoms in total. The number of nitrogens with zero attached hydrogens (tertiary/aromatic N) is 3. The topological polar surface area (TPSA) is 52.0 Å². The Bertz CT molecular complexity index is 371. The number of likely N-dealkylation sites (N-methyl/N-ethyl adjacent to an activating group) is 1. The highest BCUT2D eigenvalue weighted by Gasteiger charge is 2.25. The average Bonchev–Trinajstić information content (AvgIpc) is 2.83. The molecule has 1 aromatic heterocycles. The van der Waals surface area contributed by atoms with E-state index in [0.29, 0.717) is 18.1 Å². The van der Waals surface area contributed by atoms with Crippen LogP contribution in [-0.2, 0) is 17.7 Å². The maximum Gasteiger partial charge on any atom is 0.138 e. The molecule has 0 bridgehead atoms. The summed E-state index contributed by atoms with van der Waals surface area (Å²) in [4.78, 5) is 4.41. The highest BCUT2D eigenvalue weighted by molar-refractivity contribution is 4.93. The number of aromatic nitrogens is 3. The van der Waals surface area contributed by atoms with Crippen molar-refractivity contribution in [2.24, 2.45) is 5.92 Å². The summed E-state index contributed by atoms with van der Waals surface area (Å²) < 4.78 is 7.91. The largest absolute Gasteiger partial charge is 0.377 e. The van der Waals surface area contributed by atoms with E-state index >= 15 is 0 Å². The lowest BCUT2D eigenvalue weighted by Gasteiger charge is -2.30. The fourth-order valence-corrected chi connectivity index (χ4v) is 2.64. The molecule has 0 aromatic carbocycles. The van der Waals surface area contributed by atoms with Crippen LogP contribution in [0.15, 0.2) is 6.33 Å². The standard InChI is InChI=1S/C14H26N4O/c1-11(2)9-18-14(16-10-17-18)8-12(15-3)13-6-4-5-7-19-13/h10-13,15H,4-9H2,1-3H3. The first kappa shape index (κ1) is 14.5. The molecule has 0 amide bonds. The second kappa shape index (κ2) is 7.01. The van der Waals surface area contributed by atoms with Crippen LogP contribution in [0.25, 0.3) is 0 Å². The number of hydrogen-bond acceptors (Lipinski definition) is 4. The van der Waals surface area contributed by atoms with E-state index in [-0.39, 0.29) is 0 Å². The highest BCUT2D eigenvalue weighted by Crippen LogP contribution is 2.18. The van der Waals surface area contributed by atoms with Gasteiger partial charge in [-0.25, -0.2) is 9.67 Å². The molecular formula is C14H26N4O. The van der Waals surface area contributed by atoms with Gasteiger partial charge in [-0.2, -0.15) is 5.10 Å². The molecule has 1 aliphatic heterocycles. The van der Waals surface area contributed by atoms with Gasteiger partial charge in [0.05, 0.1) is 6.10 Å². The highest BCUT2D eigenvalue weighted by atomic mass is 16.5. The molecule has 0 spiro atoms. The number of nitrogens with one attached hydrogen (secondary N) is 1. The summed E-state index contributed by atoms with van der Waals surface area (Å²) in [5.74, 6) is 1.64. The van der Waals surface area contributed by atoms with Gasteiger partial charge in [0.25, 0.3) is 0 Å². The summed E-state index contributed by atoms with van der Waals surface area (Å²) in [7, 11) is 2.01. The number of rotatable bonds is 6. The van der Waals surface area contributed by atoms with E-state index in [1.165, 1.54) is 12.8 Å². The predicted octanol–water partition coefficient (Wildman–Crippen LogP) is 1.63. The zero-order valence-corrected chi connectivity index (χ0v) is 12.3. The van der Waals surface area contributed by atoms with Crippen molar-refractivity contribution < 1.29 is 4.74 Å². The number of hydrogen-bond donors (Lipinski definition) is 1. The van der Waals surface area contributed by atoms with Crippen LogP contribution in [-0.4, -0.2) is 40.6 Å². The molecule has 1 fully saturated rings. The molecule has 0 aliphatic carbocycles. The molecular weight excluding hydrogens is 240 g/mol. The lowest BCUT2D eigenvalue weighted by molar-refractivity contribution is -0.00646.